The number of amides is 2. The summed E-state index contributed by atoms with van der Waals surface area (Å²) >= 11 is 3.35. The van der Waals surface area contributed by atoms with E-state index in [2.05, 4.69) is 31.5 Å². The normalized spacial score (nSPS) is 11.9. The van der Waals surface area contributed by atoms with Crippen LogP contribution in [0.5, 0.6) is 0 Å². The summed E-state index contributed by atoms with van der Waals surface area (Å²) in [4.78, 5) is 26.5. The standard InChI is InChI=1S/C21H26BrN3O2/c1-15(12-13-25(2)3)23-20(26)14-16-4-10-19(11-5-16)24-21(27)17-6-8-18(22)9-7-17/h4-11,15H,12-14H2,1-3H3,(H,23,26)(H,24,27). The molecule has 0 saturated heterocycles. The maximum Gasteiger partial charge on any atom is 0.255 e. The van der Waals surface area contributed by atoms with E-state index in [4.69, 9.17) is 0 Å². The zero-order valence-electron chi connectivity index (χ0n) is 16.0. The average molecular weight is 432 g/mol. The zero-order valence-corrected chi connectivity index (χ0v) is 17.5. The quantitative estimate of drug-likeness (QED) is 0.669. The van der Waals surface area contributed by atoms with E-state index >= 15 is 0 Å². The van der Waals surface area contributed by atoms with Crippen molar-refractivity contribution in [3.63, 3.8) is 0 Å². The molecule has 0 bridgehead atoms. The molecule has 0 radical (unpaired) electrons. The average Bonchev–Trinajstić information content (AvgIpc) is 2.62. The molecule has 0 aromatic heterocycles. The van der Waals surface area contributed by atoms with Gasteiger partial charge in [0.15, 0.2) is 0 Å². The number of hydrogen-bond donors (Lipinski definition) is 2. The van der Waals surface area contributed by atoms with Crippen LogP contribution in [0.4, 0.5) is 5.69 Å². The number of rotatable bonds is 8. The van der Waals surface area contributed by atoms with Crippen molar-refractivity contribution in [1.29, 1.82) is 0 Å². The van der Waals surface area contributed by atoms with Gasteiger partial charge in [0, 0.05) is 21.8 Å². The fourth-order valence-electron chi connectivity index (χ4n) is 2.55. The van der Waals surface area contributed by atoms with Crippen LogP contribution in [0.3, 0.4) is 0 Å². The smallest absolute Gasteiger partial charge is 0.255 e. The Morgan fingerprint density at radius 3 is 2.26 bits per heavy atom. The van der Waals surface area contributed by atoms with Crippen LogP contribution in [0.25, 0.3) is 0 Å². The number of benzene rings is 2. The van der Waals surface area contributed by atoms with Crippen molar-refractivity contribution in [2.45, 2.75) is 25.8 Å². The predicted molar refractivity (Wildman–Crippen MR) is 113 cm³/mol. The molecule has 0 fully saturated rings. The topological polar surface area (TPSA) is 61.4 Å². The number of carbonyl (C=O) groups is 2. The minimum absolute atomic E-state index is 0.00732. The Hall–Kier alpha value is -2.18. The van der Waals surface area contributed by atoms with Crippen molar-refractivity contribution in [2.75, 3.05) is 26.0 Å². The van der Waals surface area contributed by atoms with Gasteiger partial charge in [0.25, 0.3) is 5.91 Å². The molecule has 6 heteroatoms. The van der Waals surface area contributed by atoms with E-state index in [-0.39, 0.29) is 17.9 Å². The predicted octanol–water partition coefficient (Wildman–Crippen LogP) is 3.70. The van der Waals surface area contributed by atoms with Crippen molar-refractivity contribution in [3.05, 3.63) is 64.1 Å². The van der Waals surface area contributed by atoms with Gasteiger partial charge in [0.1, 0.15) is 0 Å². The molecule has 2 aromatic carbocycles. The molecule has 2 aromatic rings. The molecule has 2 N–H and O–H groups in total. The number of anilines is 1. The maximum atomic E-state index is 12.2. The summed E-state index contributed by atoms with van der Waals surface area (Å²) in [6.45, 7) is 2.95. The third-order valence-corrected chi connectivity index (χ3v) is 4.63. The molecule has 1 unspecified atom stereocenters. The third-order valence-electron chi connectivity index (χ3n) is 4.10. The van der Waals surface area contributed by atoms with Gasteiger partial charge in [-0.2, -0.15) is 0 Å². The Labute approximate surface area is 169 Å². The van der Waals surface area contributed by atoms with E-state index in [1.165, 1.54) is 0 Å². The fraction of sp³-hybridized carbons (Fsp3) is 0.333. The van der Waals surface area contributed by atoms with E-state index in [0.717, 1.165) is 23.0 Å². The largest absolute Gasteiger partial charge is 0.353 e. The number of nitrogens with one attached hydrogen (secondary N) is 2. The van der Waals surface area contributed by atoms with Gasteiger partial charge in [-0.3, -0.25) is 9.59 Å². The highest BCUT2D eigenvalue weighted by Crippen LogP contribution is 2.14. The van der Waals surface area contributed by atoms with Gasteiger partial charge in [-0.15, -0.1) is 0 Å². The van der Waals surface area contributed by atoms with Crippen LogP contribution in [-0.2, 0) is 11.2 Å². The van der Waals surface area contributed by atoms with Crippen molar-refractivity contribution in [1.82, 2.24) is 10.2 Å². The molecular weight excluding hydrogens is 406 g/mol. The molecule has 0 aliphatic rings. The van der Waals surface area contributed by atoms with Crippen LogP contribution in [0.2, 0.25) is 0 Å². The van der Waals surface area contributed by atoms with Gasteiger partial charge in [0.05, 0.1) is 6.42 Å². The SMILES string of the molecule is CC(CCN(C)C)NC(=O)Cc1ccc(NC(=O)c2ccc(Br)cc2)cc1. The van der Waals surface area contributed by atoms with Gasteiger partial charge in [-0.1, -0.05) is 28.1 Å². The Morgan fingerprint density at radius 1 is 1.04 bits per heavy atom. The molecule has 0 spiro atoms. The van der Waals surface area contributed by atoms with Gasteiger partial charge < -0.3 is 15.5 Å². The van der Waals surface area contributed by atoms with E-state index in [0.29, 0.717) is 17.7 Å². The summed E-state index contributed by atoms with van der Waals surface area (Å²) in [6.07, 6.45) is 1.24. The molecule has 5 nitrogen and oxygen atoms in total. The third kappa shape index (κ3) is 7.53. The summed E-state index contributed by atoms with van der Waals surface area (Å²) in [7, 11) is 4.04. The number of halogens is 1. The Balaban J connectivity index is 1.84. The summed E-state index contributed by atoms with van der Waals surface area (Å²) < 4.78 is 0.928. The van der Waals surface area contributed by atoms with Crippen molar-refractivity contribution < 1.29 is 9.59 Å². The highest BCUT2D eigenvalue weighted by Gasteiger charge is 2.10. The lowest BCUT2D eigenvalue weighted by molar-refractivity contribution is -0.121. The van der Waals surface area contributed by atoms with Crippen LogP contribution in [0.1, 0.15) is 29.3 Å². The van der Waals surface area contributed by atoms with Gasteiger partial charge in [-0.05, 0) is 75.9 Å². The summed E-state index contributed by atoms with van der Waals surface area (Å²) in [5.41, 5.74) is 2.20. The lowest BCUT2D eigenvalue weighted by atomic mass is 10.1. The van der Waals surface area contributed by atoms with Crippen molar-refractivity contribution in [3.8, 4) is 0 Å². The number of nitrogens with zero attached hydrogens (tertiary/aromatic N) is 1. The van der Waals surface area contributed by atoms with Gasteiger partial charge in [0.2, 0.25) is 5.91 Å². The molecule has 0 heterocycles. The first-order valence-electron chi connectivity index (χ1n) is 8.93. The minimum atomic E-state index is -0.164. The Bertz CT molecular complexity index is 758. The summed E-state index contributed by atoms with van der Waals surface area (Å²) in [5.74, 6) is -0.157. The molecule has 0 saturated carbocycles. The van der Waals surface area contributed by atoms with Crippen LogP contribution in [0, 0.1) is 0 Å². The second kappa shape index (κ2) is 10.2. The summed E-state index contributed by atoms with van der Waals surface area (Å²) in [6, 6.07) is 14.7. The first-order valence-corrected chi connectivity index (χ1v) is 9.72. The highest BCUT2D eigenvalue weighted by molar-refractivity contribution is 9.10. The molecule has 2 rings (SSSR count). The van der Waals surface area contributed by atoms with Crippen LogP contribution in [-0.4, -0.2) is 43.4 Å². The first kappa shape index (κ1) is 21.1. The molecule has 27 heavy (non-hydrogen) atoms. The lowest BCUT2D eigenvalue weighted by Gasteiger charge is -2.16. The zero-order chi connectivity index (χ0) is 19.8. The number of hydrogen-bond acceptors (Lipinski definition) is 3. The summed E-state index contributed by atoms with van der Waals surface area (Å²) in [5, 5.41) is 5.88. The second-order valence-corrected chi connectivity index (χ2v) is 7.81. The Kier molecular flexibility index (Phi) is 8.00. The van der Waals surface area contributed by atoms with Crippen LogP contribution >= 0.6 is 15.9 Å². The molecule has 1 atom stereocenters. The molecule has 2 amide bonds. The maximum absolute atomic E-state index is 12.2. The van der Waals surface area contributed by atoms with Crippen LogP contribution < -0.4 is 10.6 Å². The van der Waals surface area contributed by atoms with Crippen molar-refractivity contribution >= 4 is 33.4 Å². The van der Waals surface area contributed by atoms with Gasteiger partial charge >= 0.3 is 0 Å². The molecule has 0 aliphatic carbocycles. The molecule has 144 valence electrons. The van der Waals surface area contributed by atoms with E-state index < -0.39 is 0 Å². The molecule has 0 aliphatic heterocycles. The molecular formula is C21H26BrN3O2. The lowest BCUT2D eigenvalue weighted by Crippen LogP contribution is -2.35. The number of carbonyl (C=O) groups excluding carboxylic acids is 2. The van der Waals surface area contributed by atoms with E-state index in [1.54, 1.807) is 12.1 Å². The highest BCUT2D eigenvalue weighted by atomic mass is 79.9. The van der Waals surface area contributed by atoms with E-state index in [9.17, 15) is 9.59 Å². The van der Waals surface area contributed by atoms with Gasteiger partial charge in [-0.25, -0.2) is 0 Å². The van der Waals surface area contributed by atoms with E-state index in [1.807, 2.05) is 57.4 Å². The minimum Gasteiger partial charge on any atom is -0.353 e. The second-order valence-electron chi connectivity index (χ2n) is 6.90. The van der Waals surface area contributed by atoms with Crippen molar-refractivity contribution in [2.24, 2.45) is 0 Å². The fourth-order valence-corrected chi connectivity index (χ4v) is 2.81. The monoisotopic (exact) mass is 431 g/mol. The van der Waals surface area contributed by atoms with Crippen LogP contribution in [0.15, 0.2) is 53.0 Å². The Morgan fingerprint density at radius 2 is 1.67 bits per heavy atom. The first-order chi connectivity index (χ1) is 12.8.